The van der Waals surface area contributed by atoms with Crippen molar-refractivity contribution < 1.29 is 14.6 Å². The third kappa shape index (κ3) is 2.45. The quantitative estimate of drug-likeness (QED) is 0.791. The van der Waals surface area contributed by atoms with E-state index < -0.39 is 6.09 Å². The summed E-state index contributed by atoms with van der Waals surface area (Å²) in [7, 11) is 0. The fourth-order valence-electron chi connectivity index (χ4n) is 1.69. The van der Waals surface area contributed by atoms with Crippen molar-refractivity contribution in [2.75, 3.05) is 13.2 Å². The summed E-state index contributed by atoms with van der Waals surface area (Å²) in [5, 5.41) is 10.5. The van der Waals surface area contributed by atoms with Crippen molar-refractivity contribution in [1.29, 1.82) is 0 Å². The van der Waals surface area contributed by atoms with Gasteiger partial charge in [0, 0.05) is 30.8 Å². The number of hydrogen-bond donors (Lipinski definition) is 1. The van der Waals surface area contributed by atoms with E-state index in [0.29, 0.717) is 10.8 Å². The van der Waals surface area contributed by atoms with Crippen LogP contribution in [-0.4, -0.2) is 29.0 Å². The Morgan fingerprint density at radius 3 is 3.00 bits per heavy atom. The topological polar surface area (TPSA) is 63.8 Å². The van der Waals surface area contributed by atoms with Crippen molar-refractivity contribution in [2.24, 2.45) is 4.99 Å². The Hall–Kier alpha value is -1.14. The summed E-state index contributed by atoms with van der Waals surface area (Å²) in [6.45, 7) is 1.47. The number of amides is 1. The van der Waals surface area contributed by atoms with Gasteiger partial charge in [0.05, 0.1) is 0 Å². The lowest BCUT2D eigenvalue weighted by Crippen LogP contribution is -2.26. The molecular formula is C9H12N2O3S. The van der Waals surface area contributed by atoms with Crippen molar-refractivity contribution in [2.45, 2.75) is 18.9 Å². The van der Waals surface area contributed by atoms with E-state index in [1.165, 1.54) is 11.3 Å². The van der Waals surface area contributed by atoms with Crippen LogP contribution >= 0.6 is 11.3 Å². The Labute approximate surface area is 90.6 Å². The van der Waals surface area contributed by atoms with E-state index in [0.717, 1.165) is 26.1 Å². The van der Waals surface area contributed by atoms with Gasteiger partial charge in [0.25, 0.3) is 0 Å². The number of aromatic nitrogens is 1. The second-order valence-corrected chi connectivity index (χ2v) is 4.20. The lowest BCUT2D eigenvalue weighted by molar-refractivity contribution is 0.0689. The number of rotatable bonds is 1. The van der Waals surface area contributed by atoms with E-state index in [2.05, 4.69) is 4.99 Å². The van der Waals surface area contributed by atoms with Crippen LogP contribution in [0.2, 0.25) is 0 Å². The number of nitrogens with zero attached hydrogens (tertiary/aromatic N) is 2. The highest BCUT2D eigenvalue weighted by atomic mass is 32.1. The van der Waals surface area contributed by atoms with Gasteiger partial charge in [-0.25, -0.2) is 4.79 Å². The van der Waals surface area contributed by atoms with Crippen molar-refractivity contribution in [3.8, 4) is 0 Å². The second-order valence-electron chi connectivity index (χ2n) is 3.33. The summed E-state index contributed by atoms with van der Waals surface area (Å²) in [5.41, 5.74) is 0. The van der Waals surface area contributed by atoms with Crippen LogP contribution < -0.4 is 4.80 Å². The maximum atomic E-state index is 10.5. The largest absolute Gasteiger partial charge is 0.463 e. The van der Waals surface area contributed by atoms with Crippen molar-refractivity contribution in [3.63, 3.8) is 0 Å². The fraction of sp³-hybridized carbons (Fsp3) is 0.556. The number of carboxylic acid groups (broad SMARTS) is 1. The number of carbonyl (C=O) groups is 1. The van der Waals surface area contributed by atoms with E-state index in [4.69, 9.17) is 9.84 Å². The molecule has 1 aliphatic rings. The highest BCUT2D eigenvalue weighted by molar-refractivity contribution is 7.07. The third-order valence-electron chi connectivity index (χ3n) is 2.39. The summed E-state index contributed by atoms with van der Waals surface area (Å²) in [4.78, 5) is 14.6. The van der Waals surface area contributed by atoms with Crippen molar-refractivity contribution in [1.82, 2.24) is 4.57 Å². The number of ether oxygens (including phenoxy) is 1. The molecule has 1 saturated heterocycles. The van der Waals surface area contributed by atoms with E-state index in [-0.39, 0.29) is 0 Å². The van der Waals surface area contributed by atoms with E-state index >= 15 is 0 Å². The molecule has 1 fully saturated rings. The third-order valence-corrected chi connectivity index (χ3v) is 3.16. The van der Waals surface area contributed by atoms with Gasteiger partial charge in [-0.05, 0) is 12.8 Å². The molecular weight excluding hydrogens is 216 g/mol. The van der Waals surface area contributed by atoms with Gasteiger partial charge < -0.3 is 14.4 Å². The molecule has 1 amide bonds. The minimum atomic E-state index is -1.14. The van der Waals surface area contributed by atoms with Gasteiger partial charge in [-0.2, -0.15) is 0 Å². The zero-order valence-corrected chi connectivity index (χ0v) is 8.94. The first-order valence-corrected chi connectivity index (χ1v) is 5.66. The first-order valence-electron chi connectivity index (χ1n) is 4.78. The zero-order valence-electron chi connectivity index (χ0n) is 8.13. The summed E-state index contributed by atoms with van der Waals surface area (Å²) in [5.74, 6) is 0. The molecule has 0 aromatic carbocycles. The molecule has 15 heavy (non-hydrogen) atoms. The molecule has 0 unspecified atom stereocenters. The smallest absolute Gasteiger partial charge is 0.433 e. The van der Waals surface area contributed by atoms with Gasteiger partial charge in [0.2, 0.25) is 0 Å². The maximum Gasteiger partial charge on any atom is 0.433 e. The van der Waals surface area contributed by atoms with Crippen molar-refractivity contribution in [3.05, 3.63) is 16.4 Å². The van der Waals surface area contributed by atoms with Gasteiger partial charge in [-0.3, -0.25) is 0 Å². The average molecular weight is 228 g/mol. The molecule has 1 aromatic rings. The number of thiazole rings is 1. The zero-order chi connectivity index (χ0) is 10.7. The van der Waals surface area contributed by atoms with Gasteiger partial charge in [0.1, 0.15) is 0 Å². The van der Waals surface area contributed by atoms with Gasteiger partial charge in [0.15, 0.2) is 4.80 Å². The monoisotopic (exact) mass is 228 g/mol. The maximum absolute atomic E-state index is 10.5. The number of hydrogen-bond acceptors (Lipinski definition) is 3. The molecule has 2 heterocycles. The molecule has 82 valence electrons. The van der Waals surface area contributed by atoms with Crippen LogP contribution in [0.1, 0.15) is 18.9 Å². The van der Waals surface area contributed by atoms with Crippen LogP contribution in [0.15, 0.2) is 16.6 Å². The van der Waals surface area contributed by atoms with Crippen molar-refractivity contribution >= 4 is 17.4 Å². The van der Waals surface area contributed by atoms with E-state index in [1.54, 1.807) is 0 Å². The highest BCUT2D eigenvalue weighted by Gasteiger charge is 2.16. The molecule has 0 radical (unpaired) electrons. The van der Waals surface area contributed by atoms with Crippen LogP contribution in [0, 0.1) is 0 Å². The molecule has 0 saturated carbocycles. The first-order chi connectivity index (χ1) is 7.27. The standard InChI is InChI=1S/C9H12N2O3S/c12-9(13)10-8-11(3-6-15-8)7-1-4-14-5-2-7/h3,6-7H,1-2,4-5H2,(H,12,13)/b10-8+. The van der Waals surface area contributed by atoms with Gasteiger partial charge in [-0.15, -0.1) is 16.3 Å². The summed E-state index contributed by atoms with van der Waals surface area (Å²) in [6, 6.07) is 0.322. The second kappa shape index (κ2) is 4.59. The van der Waals surface area contributed by atoms with Crippen LogP contribution in [-0.2, 0) is 4.74 Å². The first kappa shape index (κ1) is 10.4. The summed E-state index contributed by atoms with van der Waals surface area (Å²) >= 11 is 1.35. The van der Waals surface area contributed by atoms with Crippen LogP contribution in [0.3, 0.4) is 0 Å². The molecule has 1 aliphatic heterocycles. The Balaban J connectivity index is 2.27. The molecule has 2 rings (SSSR count). The van der Waals surface area contributed by atoms with Crippen LogP contribution in [0.25, 0.3) is 0 Å². The highest BCUT2D eigenvalue weighted by Crippen LogP contribution is 2.19. The molecule has 1 aromatic heterocycles. The Morgan fingerprint density at radius 1 is 1.60 bits per heavy atom. The predicted octanol–water partition coefficient (Wildman–Crippen LogP) is 1.48. The normalized spacial score (nSPS) is 19.3. The Bertz CT molecular complexity index is 403. The molecule has 5 nitrogen and oxygen atoms in total. The van der Waals surface area contributed by atoms with E-state index in [1.807, 2.05) is 16.1 Å². The lowest BCUT2D eigenvalue weighted by Gasteiger charge is -2.23. The van der Waals surface area contributed by atoms with Gasteiger partial charge in [-0.1, -0.05) is 0 Å². The Kier molecular flexibility index (Phi) is 3.17. The molecule has 1 N–H and O–H groups in total. The van der Waals surface area contributed by atoms with Crippen LogP contribution in [0.4, 0.5) is 4.79 Å². The minimum absolute atomic E-state index is 0.322. The average Bonchev–Trinajstić information content (AvgIpc) is 2.66. The Morgan fingerprint density at radius 2 is 2.33 bits per heavy atom. The molecule has 0 spiro atoms. The molecule has 6 heteroatoms. The summed E-state index contributed by atoms with van der Waals surface area (Å²) < 4.78 is 7.19. The van der Waals surface area contributed by atoms with E-state index in [9.17, 15) is 4.79 Å². The minimum Gasteiger partial charge on any atom is -0.463 e. The van der Waals surface area contributed by atoms with Gasteiger partial charge >= 0.3 is 6.09 Å². The molecule has 0 aliphatic carbocycles. The molecule has 0 atom stereocenters. The fourth-order valence-corrected chi connectivity index (χ4v) is 2.46. The summed E-state index contributed by atoms with van der Waals surface area (Å²) in [6.07, 6.45) is 2.59. The lowest BCUT2D eigenvalue weighted by atomic mass is 10.1. The molecule has 0 bridgehead atoms. The predicted molar refractivity (Wildman–Crippen MR) is 55.0 cm³/mol. The van der Waals surface area contributed by atoms with Crippen LogP contribution in [0.5, 0.6) is 0 Å². The SMILES string of the molecule is O=C(O)/N=c1/sccn1C1CCOCC1.